The monoisotopic (exact) mass is 544 g/mol. The van der Waals surface area contributed by atoms with Crippen molar-refractivity contribution in [2.45, 2.75) is 60.6 Å². The summed E-state index contributed by atoms with van der Waals surface area (Å²) >= 11 is 1.15. The number of carbonyl (C=O) groups is 1. The molecule has 1 aromatic heterocycles. The maximum Gasteiger partial charge on any atom is 0.259 e. The fourth-order valence-electron chi connectivity index (χ4n) is 3.91. The molecule has 0 aliphatic heterocycles. The van der Waals surface area contributed by atoms with E-state index in [-0.39, 0.29) is 22.9 Å². The molecule has 9 nitrogen and oxygen atoms in total. The lowest BCUT2D eigenvalue weighted by Crippen LogP contribution is -2.31. The normalized spacial score (nSPS) is 17.6. The van der Waals surface area contributed by atoms with Gasteiger partial charge in [0.1, 0.15) is 11.9 Å². The number of nitrogens with one attached hydrogen (secondary N) is 1. The van der Waals surface area contributed by atoms with Crippen LogP contribution in [-0.4, -0.2) is 47.5 Å². The molecule has 0 spiro atoms. The van der Waals surface area contributed by atoms with Gasteiger partial charge < -0.3 is 19.7 Å². The number of aliphatic hydroxyl groups is 2. The van der Waals surface area contributed by atoms with Crippen LogP contribution in [-0.2, 0) is 19.4 Å². The summed E-state index contributed by atoms with van der Waals surface area (Å²) < 4.78 is 36.9. The third-order valence-electron chi connectivity index (χ3n) is 6.46. The average molecular weight is 545 g/mol. The molecule has 2 aromatic carbocycles. The summed E-state index contributed by atoms with van der Waals surface area (Å²) in [6.07, 6.45) is 3.81. The number of anilines is 1. The first-order valence-electron chi connectivity index (χ1n) is 12.2. The fraction of sp³-hybridized carbons (Fsp3) is 0.385. The number of hydrogen-bond donors (Lipinski definition) is 3. The quantitative estimate of drug-likeness (QED) is 0.328. The van der Waals surface area contributed by atoms with Crippen molar-refractivity contribution in [2.24, 2.45) is 0 Å². The van der Waals surface area contributed by atoms with E-state index in [4.69, 9.17) is 14.6 Å². The van der Waals surface area contributed by atoms with Gasteiger partial charge in [0.2, 0.25) is 5.06 Å². The summed E-state index contributed by atoms with van der Waals surface area (Å²) in [4.78, 5) is 17.7. The number of benzene rings is 2. The molecule has 2 unspecified atom stereocenters. The molecule has 11 heteroatoms. The minimum atomic E-state index is -3.31. The summed E-state index contributed by atoms with van der Waals surface area (Å²) in [6.45, 7) is -0.368. The smallest absolute Gasteiger partial charge is 0.259 e. The lowest BCUT2D eigenvalue weighted by molar-refractivity contribution is -0.135. The minimum Gasteiger partial charge on any atom is -0.445 e. The number of sulfone groups is 1. The second kappa shape index (κ2) is 10.9. The highest BCUT2D eigenvalue weighted by Gasteiger charge is 2.37. The molecule has 37 heavy (non-hydrogen) atoms. The number of carbonyl (C=O) groups excluding carboxylic acids is 1. The van der Waals surface area contributed by atoms with Crippen LogP contribution < -0.4 is 10.1 Å². The Morgan fingerprint density at radius 3 is 2.32 bits per heavy atom. The maximum absolute atomic E-state index is 13.2. The van der Waals surface area contributed by atoms with Crippen molar-refractivity contribution < 1.29 is 32.9 Å². The van der Waals surface area contributed by atoms with Gasteiger partial charge in [-0.15, -0.1) is 0 Å². The number of rotatable bonds is 11. The number of amides is 1. The van der Waals surface area contributed by atoms with E-state index in [0.717, 1.165) is 30.6 Å². The van der Waals surface area contributed by atoms with Crippen molar-refractivity contribution >= 4 is 32.2 Å². The highest BCUT2D eigenvalue weighted by Crippen LogP contribution is 2.36. The average Bonchev–Trinajstić information content (AvgIpc) is 3.65. The molecule has 0 bridgehead atoms. The summed E-state index contributed by atoms with van der Waals surface area (Å²) in [6, 6.07) is 13.0. The third kappa shape index (κ3) is 6.02. The first-order valence-corrected chi connectivity index (χ1v) is 14.5. The van der Waals surface area contributed by atoms with Crippen molar-refractivity contribution in [3.05, 3.63) is 65.9 Å². The van der Waals surface area contributed by atoms with Gasteiger partial charge in [0.05, 0.1) is 29.1 Å². The largest absolute Gasteiger partial charge is 0.445 e. The molecule has 0 radical (unpaired) electrons. The molecule has 2 atom stereocenters. The summed E-state index contributed by atoms with van der Waals surface area (Å²) in [5, 5.41) is 22.0. The molecule has 2 fully saturated rings. The molecule has 196 valence electrons. The Balaban J connectivity index is 1.26. The van der Waals surface area contributed by atoms with Crippen LogP contribution in [0, 0.1) is 0 Å². The second-order valence-corrected chi connectivity index (χ2v) is 12.4. The molecule has 2 saturated carbocycles. The molecular weight excluding hydrogens is 516 g/mol. The number of hydrogen-bond acceptors (Lipinski definition) is 9. The van der Waals surface area contributed by atoms with E-state index in [9.17, 15) is 18.3 Å². The van der Waals surface area contributed by atoms with Crippen LogP contribution in [0.3, 0.4) is 0 Å². The zero-order valence-corrected chi connectivity index (χ0v) is 21.6. The first-order chi connectivity index (χ1) is 17.8. The van der Waals surface area contributed by atoms with E-state index in [1.165, 1.54) is 6.20 Å². The second-order valence-electron chi connectivity index (χ2n) is 9.23. The van der Waals surface area contributed by atoms with Crippen LogP contribution in [0.15, 0.2) is 59.6 Å². The highest BCUT2D eigenvalue weighted by atomic mass is 32.2. The SMILES string of the molecule is O=C(Nc1ncc(Oc2ccc(C(O)CO)cc2)s1)C(OC1CCC1)c1ccc(S(=O)(=O)C2CC2)cc1. The number of aliphatic hydroxyl groups excluding tert-OH is 2. The maximum atomic E-state index is 13.2. The molecule has 1 heterocycles. The molecule has 3 N–H and O–H groups in total. The summed E-state index contributed by atoms with van der Waals surface area (Å²) in [5.41, 5.74) is 1.15. The lowest BCUT2D eigenvalue weighted by Gasteiger charge is -2.30. The summed E-state index contributed by atoms with van der Waals surface area (Å²) in [5.74, 6) is 0.121. The zero-order chi connectivity index (χ0) is 26.0. The van der Waals surface area contributed by atoms with E-state index in [2.05, 4.69) is 10.3 Å². The van der Waals surface area contributed by atoms with Crippen molar-refractivity contribution in [1.29, 1.82) is 0 Å². The van der Waals surface area contributed by atoms with Crippen LogP contribution in [0.1, 0.15) is 55.4 Å². The van der Waals surface area contributed by atoms with Gasteiger partial charge in [-0.3, -0.25) is 10.1 Å². The van der Waals surface area contributed by atoms with Crippen molar-refractivity contribution in [3.63, 3.8) is 0 Å². The molecule has 3 aromatic rings. The molecule has 2 aliphatic carbocycles. The van der Waals surface area contributed by atoms with Gasteiger partial charge in [0, 0.05) is 0 Å². The molecule has 2 aliphatic rings. The standard InChI is InChI=1S/C26H28N2O7S2/c29-15-22(30)16-4-8-19(9-5-16)34-23-14-27-26(36-23)28-25(31)24(35-18-2-1-3-18)17-6-10-20(11-7-17)37(32,33)21-12-13-21/h4-11,14,18,21-22,24,29-30H,1-3,12-13,15H2,(H,27,28,31). The Kier molecular flexibility index (Phi) is 7.59. The van der Waals surface area contributed by atoms with E-state index in [0.29, 0.717) is 39.9 Å². The molecule has 5 rings (SSSR count). The van der Waals surface area contributed by atoms with Crippen LogP contribution in [0.4, 0.5) is 5.13 Å². The van der Waals surface area contributed by atoms with Gasteiger partial charge in [0.25, 0.3) is 5.91 Å². The van der Waals surface area contributed by atoms with E-state index < -0.39 is 28.0 Å². The van der Waals surface area contributed by atoms with Gasteiger partial charge in [-0.05, 0) is 67.5 Å². The van der Waals surface area contributed by atoms with Crippen molar-refractivity contribution in [1.82, 2.24) is 4.98 Å². The number of ether oxygens (including phenoxy) is 2. The predicted molar refractivity (Wildman–Crippen MR) is 137 cm³/mol. The zero-order valence-electron chi connectivity index (χ0n) is 19.9. The van der Waals surface area contributed by atoms with Crippen LogP contribution >= 0.6 is 11.3 Å². The van der Waals surface area contributed by atoms with E-state index in [1.54, 1.807) is 48.5 Å². The van der Waals surface area contributed by atoms with Gasteiger partial charge in [-0.1, -0.05) is 35.6 Å². The van der Waals surface area contributed by atoms with Crippen LogP contribution in [0.5, 0.6) is 10.8 Å². The fourth-order valence-corrected chi connectivity index (χ4v) is 6.26. The summed E-state index contributed by atoms with van der Waals surface area (Å²) in [7, 11) is -3.31. The van der Waals surface area contributed by atoms with E-state index in [1.807, 2.05) is 0 Å². The van der Waals surface area contributed by atoms with Gasteiger partial charge >= 0.3 is 0 Å². The minimum absolute atomic E-state index is 0.0202. The Bertz CT molecular complexity index is 1330. The topological polar surface area (TPSA) is 135 Å². The lowest BCUT2D eigenvalue weighted by atomic mass is 9.95. The Labute approximate surface area is 219 Å². The Morgan fingerprint density at radius 2 is 1.73 bits per heavy atom. The molecule has 1 amide bonds. The van der Waals surface area contributed by atoms with E-state index >= 15 is 0 Å². The van der Waals surface area contributed by atoms with Crippen molar-refractivity contribution in [2.75, 3.05) is 11.9 Å². The Hall–Kier alpha value is -2.83. The Morgan fingerprint density at radius 1 is 1.05 bits per heavy atom. The number of thiazole rings is 1. The molecule has 0 saturated heterocycles. The van der Waals surface area contributed by atoms with Crippen LogP contribution in [0.2, 0.25) is 0 Å². The number of nitrogens with zero attached hydrogens (tertiary/aromatic N) is 1. The third-order valence-corrected chi connectivity index (χ3v) is 9.53. The van der Waals surface area contributed by atoms with Crippen molar-refractivity contribution in [3.8, 4) is 10.8 Å². The molecular formula is C26H28N2O7S2. The van der Waals surface area contributed by atoms with Gasteiger partial charge in [-0.2, -0.15) is 0 Å². The van der Waals surface area contributed by atoms with Gasteiger partial charge in [0.15, 0.2) is 21.1 Å². The highest BCUT2D eigenvalue weighted by molar-refractivity contribution is 7.92. The van der Waals surface area contributed by atoms with Crippen LogP contribution in [0.25, 0.3) is 0 Å². The van der Waals surface area contributed by atoms with Gasteiger partial charge in [-0.25, -0.2) is 13.4 Å². The first kappa shape index (κ1) is 25.8. The number of aromatic nitrogens is 1. The predicted octanol–water partition coefficient (Wildman–Crippen LogP) is 4.15.